The Morgan fingerprint density at radius 1 is 1.04 bits per heavy atom. The second kappa shape index (κ2) is 13.3. The number of carbonyl (C=O) groups is 4. The largest absolute Gasteiger partial charge is 0.497 e. The van der Waals surface area contributed by atoms with E-state index in [0.29, 0.717) is 29.8 Å². The van der Waals surface area contributed by atoms with Gasteiger partial charge in [-0.25, -0.2) is 0 Å². The van der Waals surface area contributed by atoms with Crippen molar-refractivity contribution < 1.29 is 38.5 Å². The van der Waals surface area contributed by atoms with Crippen LogP contribution in [0.5, 0.6) is 5.75 Å². The molecule has 6 rings (SSSR count). The second-order valence-electron chi connectivity index (χ2n) is 12.5. The number of methoxy groups -OCH3 is 1. The van der Waals surface area contributed by atoms with E-state index in [-0.39, 0.29) is 31.4 Å². The van der Waals surface area contributed by atoms with Gasteiger partial charge in [0.2, 0.25) is 11.8 Å². The third-order valence-corrected chi connectivity index (χ3v) is 9.74. The Kier molecular flexibility index (Phi) is 9.20. The topological polar surface area (TPSA) is 135 Å². The molecule has 11 nitrogen and oxygen atoms in total. The zero-order chi connectivity index (χ0) is 33.3. The molecular formula is C36H41N3O8. The molecule has 47 heavy (non-hydrogen) atoms. The van der Waals surface area contributed by atoms with Crippen molar-refractivity contribution in [2.24, 2.45) is 11.8 Å². The molecule has 0 radical (unpaired) electrons. The van der Waals surface area contributed by atoms with Gasteiger partial charge in [0.05, 0.1) is 37.8 Å². The van der Waals surface area contributed by atoms with Gasteiger partial charge in [-0.05, 0) is 49.6 Å². The molecule has 4 heterocycles. The Morgan fingerprint density at radius 2 is 1.79 bits per heavy atom. The normalized spacial score (nSPS) is 32.2. The monoisotopic (exact) mass is 643 g/mol. The van der Waals surface area contributed by atoms with E-state index >= 15 is 0 Å². The van der Waals surface area contributed by atoms with E-state index < -0.39 is 59.6 Å². The molecule has 4 aliphatic rings. The summed E-state index contributed by atoms with van der Waals surface area (Å²) in [5, 5.41) is 13.4. The SMILES string of the molecule is CC[C@@H](CO)N1C(=O)[C@H]2[C@@H]3C(=O)O[C@@H](c4ccccc4)[C@H](C)NC(=O)CC/C=C\[C@@H]3O[C@]23C=CCN(c2ccc(OC)cc2)C(=O)[C@H]13. The number of amides is 3. The van der Waals surface area contributed by atoms with Gasteiger partial charge in [-0.3, -0.25) is 19.2 Å². The summed E-state index contributed by atoms with van der Waals surface area (Å²) in [6.07, 6.45) is 6.26. The molecule has 2 aromatic rings. The van der Waals surface area contributed by atoms with E-state index in [4.69, 9.17) is 14.2 Å². The molecule has 2 N–H and O–H groups in total. The van der Waals surface area contributed by atoms with Crippen molar-refractivity contribution in [2.45, 2.75) is 69.0 Å². The van der Waals surface area contributed by atoms with Gasteiger partial charge in [0.15, 0.2) is 0 Å². The number of fused-ring (bicyclic) bond motifs is 2. The fraction of sp³-hybridized carbons (Fsp3) is 0.444. The Morgan fingerprint density at radius 3 is 2.47 bits per heavy atom. The average Bonchev–Trinajstić information content (AvgIpc) is 3.47. The Balaban J connectivity index is 1.45. The van der Waals surface area contributed by atoms with Crippen LogP contribution in [-0.2, 0) is 28.7 Å². The van der Waals surface area contributed by atoms with E-state index in [1.807, 2.05) is 37.3 Å². The highest BCUT2D eigenvalue weighted by atomic mass is 16.6. The van der Waals surface area contributed by atoms with Crippen molar-refractivity contribution in [1.82, 2.24) is 10.2 Å². The quantitative estimate of drug-likeness (QED) is 0.363. The van der Waals surface area contributed by atoms with Crippen LogP contribution in [0.3, 0.4) is 0 Å². The molecule has 1 spiro atoms. The predicted octanol–water partition coefficient (Wildman–Crippen LogP) is 3.09. The number of carbonyl (C=O) groups excluding carboxylic acids is 4. The lowest BCUT2D eigenvalue weighted by Gasteiger charge is -2.38. The van der Waals surface area contributed by atoms with Gasteiger partial charge in [-0.2, -0.15) is 0 Å². The van der Waals surface area contributed by atoms with Crippen LogP contribution in [0.15, 0.2) is 78.9 Å². The van der Waals surface area contributed by atoms with Crippen LogP contribution in [0.2, 0.25) is 0 Å². The first-order valence-electron chi connectivity index (χ1n) is 16.2. The molecule has 0 aromatic heterocycles. The minimum atomic E-state index is -1.52. The summed E-state index contributed by atoms with van der Waals surface area (Å²) in [4.78, 5) is 59.5. The van der Waals surface area contributed by atoms with Crippen LogP contribution >= 0.6 is 0 Å². The highest BCUT2D eigenvalue weighted by Gasteiger charge is 2.72. The lowest BCUT2D eigenvalue weighted by atomic mass is 9.77. The highest BCUT2D eigenvalue weighted by Crippen LogP contribution is 2.54. The van der Waals surface area contributed by atoms with Crippen LogP contribution in [-0.4, -0.2) is 83.8 Å². The van der Waals surface area contributed by atoms with E-state index in [0.717, 1.165) is 0 Å². The number of aliphatic hydroxyl groups excluding tert-OH is 1. The molecule has 2 aromatic carbocycles. The maximum atomic E-state index is 14.7. The van der Waals surface area contributed by atoms with Crippen LogP contribution in [0.1, 0.15) is 44.8 Å². The molecular weight excluding hydrogens is 602 g/mol. The van der Waals surface area contributed by atoms with Gasteiger partial charge in [0.25, 0.3) is 5.91 Å². The fourth-order valence-electron chi connectivity index (χ4n) is 7.45. The van der Waals surface area contributed by atoms with Crippen LogP contribution in [0.25, 0.3) is 0 Å². The number of nitrogens with zero attached hydrogens (tertiary/aromatic N) is 2. The predicted molar refractivity (Wildman–Crippen MR) is 172 cm³/mol. The maximum absolute atomic E-state index is 14.7. The highest BCUT2D eigenvalue weighted by molar-refractivity contribution is 6.05. The number of likely N-dealkylation sites (tertiary alicyclic amines) is 1. The molecule has 4 aliphatic heterocycles. The number of nitrogens with one attached hydrogen (secondary N) is 1. The molecule has 3 amide bonds. The number of ether oxygens (including phenoxy) is 3. The number of rotatable bonds is 6. The van der Waals surface area contributed by atoms with Gasteiger partial charge >= 0.3 is 5.97 Å². The zero-order valence-corrected chi connectivity index (χ0v) is 26.8. The minimum absolute atomic E-state index is 0.185. The van der Waals surface area contributed by atoms with Crippen LogP contribution in [0.4, 0.5) is 5.69 Å². The Labute approximate surface area is 274 Å². The number of esters is 1. The van der Waals surface area contributed by atoms with Gasteiger partial charge in [-0.15, -0.1) is 0 Å². The van der Waals surface area contributed by atoms with Crippen molar-refractivity contribution >= 4 is 29.4 Å². The summed E-state index contributed by atoms with van der Waals surface area (Å²) in [5.41, 5.74) is -0.223. The smallest absolute Gasteiger partial charge is 0.313 e. The molecule has 0 unspecified atom stereocenters. The summed E-state index contributed by atoms with van der Waals surface area (Å²) in [5.74, 6) is -3.26. The summed E-state index contributed by atoms with van der Waals surface area (Å²) in [6, 6.07) is 13.8. The number of benzene rings is 2. The third kappa shape index (κ3) is 5.72. The molecule has 2 saturated heterocycles. The van der Waals surface area contributed by atoms with Gasteiger partial charge in [0.1, 0.15) is 29.4 Å². The van der Waals surface area contributed by atoms with Crippen molar-refractivity contribution in [2.75, 3.05) is 25.2 Å². The molecule has 11 heteroatoms. The Hall–Kier alpha value is -4.48. The lowest BCUT2D eigenvalue weighted by molar-refractivity contribution is -0.161. The molecule has 0 bridgehead atoms. The first-order chi connectivity index (χ1) is 22.7. The number of anilines is 1. The molecule has 0 aliphatic carbocycles. The third-order valence-electron chi connectivity index (χ3n) is 9.74. The number of hydrogen-bond donors (Lipinski definition) is 2. The van der Waals surface area contributed by atoms with Crippen LogP contribution in [0, 0.1) is 11.8 Å². The summed E-state index contributed by atoms with van der Waals surface area (Å²) >= 11 is 0. The first kappa shape index (κ1) is 32.5. The van der Waals surface area contributed by atoms with E-state index in [2.05, 4.69) is 5.32 Å². The first-order valence-corrected chi connectivity index (χ1v) is 16.2. The summed E-state index contributed by atoms with van der Waals surface area (Å²) in [7, 11) is 1.56. The van der Waals surface area contributed by atoms with Gasteiger partial charge < -0.3 is 34.4 Å². The molecule has 0 saturated carbocycles. The van der Waals surface area contributed by atoms with Crippen molar-refractivity contribution in [1.29, 1.82) is 0 Å². The fourth-order valence-corrected chi connectivity index (χ4v) is 7.45. The molecule has 8 atom stereocenters. The summed E-state index contributed by atoms with van der Waals surface area (Å²) < 4.78 is 18.3. The standard InChI is InChI=1S/C36H41N3O8/c1-4-24(21-40)39-32-34(43)38(25-15-17-26(45-3)18-16-25)20-10-19-36(32)30(33(39)42)29-27(47-36)13-8-9-14-28(41)37-22(2)31(46-35(29)44)23-11-6-5-7-12-23/h5-8,10-13,15-19,22,24,27,29-32,40H,4,9,14,20-21H2,1-3H3,(H,37,41)/b13-8-/t22-,24-,27-,29+,30+,31+,32-,36+/m0/s1. The number of aliphatic hydroxyl groups is 1. The Bertz CT molecular complexity index is 1560. The van der Waals surface area contributed by atoms with E-state index in [1.54, 1.807) is 67.5 Å². The average molecular weight is 644 g/mol. The molecule has 248 valence electrons. The summed E-state index contributed by atoms with van der Waals surface area (Å²) in [6.45, 7) is 3.45. The maximum Gasteiger partial charge on any atom is 0.313 e. The van der Waals surface area contributed by atoms with Gasteiger partial charge in [-0.1, -0.05) is 61.6 Å². The van der Waals surface area contributed by atoms with Crippen molar-refractivity contribution in [3.8, 4) is 5.75 Å². The molecule has 2 fully saturated rings. The second-order valence-corrected chi connectivity index (χ2v) is 12.5. The van der Waals surface area contributed by atoms with Crippen LogP contribution < -0.4 is 15.0 Å². The van der Waals surface area contributed by atoms with Crippen molar-refractivity contribution in [3.05, 3.63) is 84.5 Å². The van der Waals surface area contributed by atoms with Gasteiger partial charge in [0, 0.05) is 18.7 Å². The number of allylic oxidation sites excluding steroid dienone is 1. The zero-order valence-electron chi connectivity index (χ0n) is 26.8. The number of cyclic esters (lactones) is 1. The minimum Gasteiger partial charge on any atom is -0.497 e. The van der Waals surface area contributed by atoms with E-state index in [9.17, 15) is 24.3 Å². The number of hydrogen-bond acceptors (Lipinski definition) is 8. The lowest BCUT2D eigenvalue weighted by Crippen LogP contribution is -2.58. The van der Waals surface area contributed by atoms with Crippen molar-refractivity contribution in [3.63, 3.8) is 0 Å². The van der Waals surface area contributed by atoms with E-state index in [1.165, 1.54) is 4.90 Å².